The van der Waals surface area contributed by atoms with E-state index in [-0.39, 0.29) is 17.6 Å². The van der Waals surface area contributed by atoms with Crippen LogP contribution in [0.5, 0.6) is 5.75 Å². The van der Waals surface area contributed by atoms with E-state index in [1.165, 1.54) is 32.0 Å². The topological polar surface area (TPSA) is 96.5 Å². The van der Waals surface area contributed by atoms with Gasteiger partial charge in [0.05, 0.1) is 0 Å². The molecule has 0 aliphatic rings. The third-order valence-corrected chi connectivity index (χ3v) is 3.13. The third kappa shape index (κ3) is 5.86. The molecule has 3 N–H and O–H groups in total. The summed E-state index contributed by atoms with van der Waals surface area (Å²) in [6, 6.07) is 4.89. The van der Waals surface area contributed by atoms with E-state index in [1.54, 1.807) is 19.9 Å². The van der Waals surface area contributed by atoms with Crippen LogP contribution in [0.2, 0.25) is 0 Å². The molecule has 0 fully saturated rings. The van der Waals surface area contributed by atoms with Gasteiger partial charge < -0.3 is 10.1 Å². The van der Waals surface area contributed by atoms with Crippen LogP contribution in [0.4, 0.5) is 4.39 Å². The van der Waals surface area contributed by atoms with Gasteiger partial charge in [-0.3, -0.25) is 25.2 Å². The average Bonchev–Trinajstić information content (AvgIpc) is 2.51. The fourth-order valence-corrected chi connectivity index (χ4v) is 1.84. The van der Waals surface area contributed by atoms with E-state index < -0.39 is 29.8 Å². The first-order chi connectivity index (χ1) is 11.2. The number of nitrogens with one attached hydrogen (secondary N) is 3. The minimum atomic E-state index is -1.03. The summed E-state index contributed by atoms with van der Waals surface area (Å²) in [5, 5.41) is 2.50. The highest BCUT2D eigenvalue weighted by atomic mass is 19.1. The summed E-state index contributed by atoms with van der Waals surface area (Å²) in [4.78, 5) is 35.0. The van der Waals surface area contributed by atoms with Crippen LogP contribution in [0, 0.1) is 11.7 Å². The Labute approximate surface area is 139 Å². The molecule has 132 valence electrons. The molecule has 2 atom stereocenters. The molecule has 1 rings (SSSR count). The van der Waals surface area contributed by atoms with Crippen LogP contribution in [0.3, 0.4) is 0 Å². The molecule has 0 saturated carbocycles. The van der Waals surface area contributed by atoms with Crippen LogP contribution in [0.15, 0.2) is 24.3 Å². The van der Waals surface area contributed by atoms with Crippen molar-refractivity contribution in [2.45, 2.75) is 39.8 Å². The highest BCUT2D eigenvalue weighted by Crippen LogP contribution is 2.16. The first kappa shape index (κ1) is 19.4. The standard InChI is InChI=1S/C16H22FN3O4/c1-9(2)14(18-11(4)21)16(23)20-19-15(22)10(3)24-13-8-6-5-7-12(13)17/h5-10,14H,1-4H3,(H,18,21)(H,19,22)(H,20,23)/t10-,14-/m0/s1. The number of halogens is 1. The van der Waals surface area contributed by atoms with E-state index >= 15 is 0 Å². The Morgan fingerprint density at radius 2 is 1.62 bits per heavy atom. The molecule has 0 unspecified atom stereocenters. The maximum absolute atomic E-state index is 13.5. The SMILES string of the molecule is CC(=O)N[C@H](C(=O)NNC(=O)[C@H](C)Oc1ccccc1F)C(C)C. The van der Waals surface area contributed by atoms with E-state index in [1.807, 2.05) is 0 Å². The van der Waals surface area contributed by atoms with Crippen molar-refractivity contribution in [2.75, 3.05) is 0 Å². The van der Waals surface area contributed by atoms with Gasteiger partial charge >= 0.3 is 0 Å². The van der Waals surface area contributed by atoms with Gasteiger partial charge in [-0.05, 0) is 25.0 Å². The molecule has 0 aliphatic heterocycles. The van der Waals surface area contributed by atoms with E-state index in [4.69, 9.17) is 4.74 Å². The van der Waals surface area contributed by atoms with Gasteiger partial charge in [-0.1, -0.05) is 26.0 Å². The quantitative estimate of drug-likeness (QED) is 0.671. The van der Waals surface area contributed by atoms with E-state index in [9.17, 15) is 18.8 Å². The van der Waals surface area contributed by atoms with E-state index in [2.05, 4.69) is 16.2 Å². The van der Waals surface area contributed by atoms with Gasteiger partial charge in [0.2, 0.25) is 5.91 Å². The zero-order valence-corrected chi connectivity index (χ0v) is 14.1. The van der Waals surface area contributed by atoms with Crippen LogP contribution >= 0.6 is 0 Å². The van der Waals surface area contributed by atoms with Crippen molar-refractivity contribution < 1.29 is 23.5 Å². The monoisotopic (exact) mass is 339 g/mol. The van der Waals surface area contributed by atoms with Gasteiger partial charge in [0.15, 0.2) is 17.7 Å². The maximum Gasteiger partial charge on any atom is 0.279 e. The second-order valence-electron chi connectivity index (χ2n) is 5.59. The van der Waals surface area contributed by atoms with Gasteiger partial charge in [-0.2, -0.15) is 0 Å². The molecule has 7 nitrogen and oxygen atoms in total. The molecule has 1 aromatic carbocycles. The van der Waals surface area contributed by atoms with Crippen molar-refractivity contribution in [3.8, 4) is 5.75 Å². The first-order valence-corrected chi connectivity index (χ1v) is 7.50. The minimum Gasteiger partial charge on any atom is -0.478 e. The molecular formula is C16H22FN3O4. The lowest BCUT2D eigenvalue weighted by Crippen LogP contribution is -2.55. The highest BCUT2D eigenvalue weighted by molar-refractivity contribution is 5.89. The second kappa shape index (κ2) is 8.85. The van der Waals surface area contributed by atoms with Crippen molar-refractivity contribution in [2.24, 2.45) is 5.92 Å². The number of rotatable bonds is 6. The Kier molecular flexibility index (Phi) is 7.16. The molecule has 0 bridgehead atoms. The Morgan fingerprint density at radius 1 is 1.04 bits per heavy atom. The number of hydrogen-bond acceptors (Lipinski definition) is 4. The number of ether oxygens (including phenoxy) is 1. The Balaban J connectivity index is 2.56. The Morgan fingerprint density at radius 3 is 2.17 bits per heavy atom. The summed E-state index contributed by atoms with van der Waals surface area (Å²) >= 11 is 0. The largest absolute Gasteiger partial charge is 0.478 e. The van der Waals surface area contributed by atoms with Gasteiger partial charge in [0, 0.05) is 6.92 Å². The van der Waals surface area contributed by atoms with Crippen LogP contribution in [0.25, 0.3) is 0 Å². The molecule has 0 saturated heterocycles. The van der Waals surface area contributed by atoms with Crippen LogP contribution in [-0.2, 0) is 14.4 Å². The summed E-state index contributed by atoms with van der Waals surface area (Å²) in [6.07, 6.45) is -1.03. The molecule has 0 spiro atoms. The molecule has 0 aromatic heterocycles. The van der Waals surface area contributed by atoms with Gasteiger partial charge in [0.25, 0.3) is 11.8 Å². The van der Waals surface area contributed by atoms with Crippen molar-refractivity contribution in [1.82, 2.24) is 16.2 Å². The zero-order chi connectivity index (χ0) is 18.3. The number of carbonyl (C=O) groups excluding carboxylic acids is 3. The number of benzene rings is 1. The summed E-state index contributed by atoms with van der Waals surface area (Å²) < 4.78 is 18.7. The van der Waals surface area contributed by atoms with Crippen molar-refractivity contribution in [3.05, 3.63) is 30.1 Å². The summed E-state index contributed by atoms with van der Waals surface area (Å²) in [5.41, 5.74) is 4.42. The summed E-state index contributed by atoms with van der Waals surface area (Å²) in [6.45, 7) is 6.23. The average molecular weight is 339 g/mol. The predicted octanol–water partition coefficient (Wildman–Crippen LogP) is 0.901. The van der Waals surface area contributed by atoms with Crippen molar-refractivity contribution in [1.29, 1.82) is 0 Å². The molecule has 3 amide bonds. The zero-order valence-electron chi connectivity index (χ0n) is 14.1. The van der Waals surface area contributed by atoms with Crippen LogP contribution < -0.4 is 20.9 Å². The Bertz CT molecular complexity index is 607. The number of para-hydroxylation sites is 1. The molecular weight excluding hydrogens is 317 g/mol. The summed E-state index contributed by atoms with van der Waals surface area (Å²) in [7, 11) is 0. The summed E-state index contributed by atoms with van der Waals surface area (Å²) in [5.74, 6) is -2.40. The minimum absolute atomic E-state index is 0.0650. The van der Waals surface area contributed by atoms with Gasteiger partial charge in [0.1, 0.15) is 6.04 Å². The van der Waals surface area contributed by atoms with Gasteiger partial charge in [-0.25, -0.2) is 4.39 Å². The van der Waals surface area contributed by atoms with Crippen molar-refractivity contribution >= 4 is 17.7 Å². The normalized spacial score (nSPS) is 12.9. The lowest BCUT2D eigenvalue weighted by atomic mass is 10.0. The number of carbonyl (C=O) groups is 3. The van der Waals surface area contributed by atoms with Crippen molar-refractivity contribution in [3.63, 3.8) is 0 Å². The lowest BCUT2D eigenvalue weighted by molar-refractivity contribution is -0.135. The van der Waals surface area contributed by atoms with Gasteiger partial charge in [-0.15, -0.1) is 0 Å². The molecule has 1 aromatic rings. The third-order valence-electron chi connectivity index (χ3n) is 3.13. The van der Waals surface area contributed by atoms with Crippen LogP contribution in [0.1, 0.15) is 27.7 Å². The molecule has 0 aliphatic carbocycles. The smallest absolute Gasteiger partial charge is 0.279 e. The maximum atomic E-state index is 13.5. The molecule has 8 heteroatoms. The predicted molar refractivity (Wildman–Crippen MR) is 85.2 cm³/mol. The van der Waals surface area contributed by atoms with Crippen LogP contribution in [-0.4, -0.2) is 29.9 Å². The number of amides is 3. The Hall–Kier alpha value is -2.64. The van der Waals surface area contributed by atoms with E-state index in [0.717, 1.165) is 0 Å². The number of hydrogen-bond donors (Lipinski definition) is 3. The first-order valence-electron chi connectivity index (χ1n) is 7.50. The fraction of sp³-hybridized carbons (Fsp3) is 0.438. The second-order valence-corrected chi connectivity index (χ2v) is 5.59. The number of hydrazine groups is 1. The fourth-order valence-electron chi connectivity index (χ4n) is 1.84. The molecule has 0 radical (unpaired) electrons. The highest BCUT2D eigenvalue weighted by Gasteiger charge is 2.24. The lowest BCUT2D eigenvalue weighted by Gasteiger charge is -2.22. The molecule has 0 heterocycles. The van der Waals surface area contributed by atoms with E-state index in [0.29, 0.717) is 0 Å². The molecule has 24 heavy (non-hydrogen) atoms.